The standard InChI is InChI=1S/C25H19ClN2O5/c1-15-9-21-19(13-27(14-32-21)12-17-6-2-3-8-20(17)26)25-23(15)24(29)22(33-25)11-16-5-4-7-18(10-16)28(30)31/h2-11H,12-14H2,1H3/b22-11-. The van der Waals surface area contributed by atoms with Gasteiger partial charge in [-0.2, -0.15) is 0 Å². The van der Waals surface area contributed by atoms with E-state index in [1.807, 2.05) is 37.3 Å². The summed E-state index contributed by atoms with van der Waals surface area (Å²) in [6, 6.07) is 15.6. The second-order valence-electron chi connectivity index (χ2n) is 8.02. The van der Waals surface area contributed by atoms with Crippen molar-refractivity contribution in [2.45, 2.75) is 20.0 Å². The molecule has 0 aromatic heterocycles. The van der Waals surface area contributed by atoms with Crippen LogP contribution in [0.15, 0.2) is 60.4 Å². The van der Waals surface area contributed by atoms with Gasteiger partial charge in [0.15, 0.2) is 5.76 Å². The molecule has 3 aromatic rings. The molecule has 0 bridgehead atoms. The molecule has 0 aliphatic carbocycles. The number of ether oxygens (including phenoxy) is 2. The van der Waals surface area contributed by atoms with Crippen LogP contribution in [-0.2, 0) is 13.1 Å². The van der Waals surface area contributed by atoms with Crippen molar-refractivity contribution < 1.29 is 19.2 Å². The number of hydrogen-bond acceptors (Lipinski definition) is 6. The van der Waals surface area contributed by atoms with Crippen molar-refractivity contribution in [2.75, 3.05) is 6.73 Å². The monoisotopic (exact) mass is 462 g/mol. The Balaban J connectivity index is 1.47. The minimum absolute atomic E-state index is 0.0514. The van der Waals surface area contributed by atoms with Crippen LogP contribution in [-0.4, -0.2) is 22.3 Å². The summed E-state index contributed by atoms with van der Waals surface area (Å²) in [5.74, 6) is 1.05. The highest BCUT2D eigenvalue weighted by molar-refractivity contribution is 6.31. The first-order chi connectivity index (χ1) is 15.9. The van der Waals surface area contributed by atoms with E-state index >= 15 is 0 Å². The molecule has 0 fully saturated rings. The lowest BCUT2D eigenvalue weighted by atomic mass is 9.98. The number of rotatable bonds is 4. The quantitative estimate of drug-likeness (QED) is 0.288. The number of hydrogen-bond donors (Lipinski definition) is 0. The molecule has 7 nitrogen and oxygen atoms in total. The smallest absolute Gasteiger partial charge is 0.270 e. The van der Waals surface area contributed by atoms with E-state index in [0.717, 1.165) is 16.7 Å². The first kappa shape index (κ1) is 21.2. The number of non-ortho nitro benzene ring substituents is 1. The molecule has 2 aliphatic heterocycles. The SMILES string of the molecule is Cc1cc2c(c3c1C(=O)/C(=C/c1cccc([N+](=O)[O-])c1)O3)CN(Cc1ccccc1Cl)CO2. The van der Waals surface area contributed by atoms with Gasteiger partial charge in [-0.25, -0.2) is 0 Å². The van der Waals surface area contributed by atoms with Gasteiger partial charge in [0.05, 0.1) is 16.1 Å². The van der Waals surface area contributed by atoms with Gasteiger partial charge in [0, 0.05) is 30.2 Å². The molecule has 3 aromatic carbocycles. The van der Waals surface area contributed by atoms with Gasteiger partial charge in [-0.05, 0) is 41.8 Å². The molecule has 0 atom stereocenters. The second kappa shape index (κ2) is 8.35. The number of carbonyl (C=O) groups excluding carboxylic acids is 1. The number of nitro benzene ring substituents is 1. The first-order valence-corrected chi connectivity index (χ1v) is 10.7. The Labute approximate surface area is 195 Å². The van der Waals surface area contributed by atoms with E-state index < -0.39 is 4.92 Å². The molecule has 2 aliphatic rings. The Kier molecular flexibility index (Phi) is 5.36. The van der Waals surface area contributed by atoms with Crippen LogP contribution in [0.2, 0.25) is 5.02 Å². The number of aryl methyl sites for hydroxylation is 1. The van der Waals surface area contributed by atoms with Crippen molar-refractivity contribution in [1.82, 2.24) is 4.90 Å². The van der Waals surface area contributed by atoms with E-state index in [-0.39, 0.29) is 17.2 Å². The zero-order chi connectivity index (χ0) is 23.1. The molecule has 0 radical (unpaired) electrons. The summed E-state index contributed by atoms with van der Waals surface area (Å²) in [6.07, 6.45) is 1.53. The first-order valence-electron chi connectivity index (χ1n) is 10.3. The van der Waals surface area contributed by atoms with Gasteiger partial charge in [0.2, 0.25) is 5.78 Å². The summed E-state index contributed by atoms with van der Waals surface area (Å²) in [6.45, 7) is 3.35. The van der Waals surface area contributed by atoms with Crippen LogP contribution in [0.1, 0.15) is 32.6 Å². The molecular formula is C25H19ClN2O5. The highest BCUT2D eigenvalue weighted by Gasteiger charge is 2.35. The highest BCUT2D eigenvalue weighted by Crippen LogP contribution is 2.44. The number of carbonyl (C=O) groups is 1. The maximum Gasteiger partial charge on any atom is 0.270 e. The van der Waals surface area contributed by atoms with E-state index in [4.69, 9.17) is 21.1 Å². The third-order valence-electron chi connectivity index (χ3n) is 5.72. The van der Waals surface area contributed by atoms with E-state index in [2.05, 4.69) is 4.90 Å². The Morgan fingerprint density at radius 2 is 2.00 bits per heavy atom. The number of benzene rings is 3. The van der Waals surface area contributed by atoms with Crippen LogP contribution >= 0.6 is 11.6 Å². The summed E-state index contributed by atoms with van der Waals surface area (Å²) in [7, 11) is 0. The Morgan fingerprint density at radius 3 is 2.79 bits per heavy atom. The average molecular weight is 463 g/mol. The number of ketones is 1. The molecule has 5 rings (SSSR count). The summed E-state index contributed by atoms with van der Waals surface area (Å²) in [4.78, 5) is 25.8. The number of Topliss-reactive ketones (excluding diaryl/α,β-unsaturated/α-hetero) is 1. The molecule has 0 unspecified atom stereocenters. The zero-order valence-corrected chi connectivity index (χ0v) is 18.5. The molecule has 0 N–H and O–H groups in total. The average Bonchev–Trinajstić information content (AvgIpc) is 3.13. The molecule has 166 valence electrons. The number of fused-ring (bicyclic) bond motifs is 3. The summed E-state index contributed by atoms with van der Waals surface area (Å²) in [5, 5.41) is 11.8. The number of nitrogens with zero attached hydrogens (tertiary/aromatic N) is 2. The van der Waals surface area contributed by atoms with Gasteiger partial charge in [-0.1, -0.05) is 41.9 Å². The maximum absolute atomic E-state index is 13.1. The number of nitro groups is 1. The summed E-state index contributed by atoms with van der Waals surface area (Å²) < 4.78 is 12.0. The zero-order valence-electron chi connectivity index (χ0n) is 17.7. The molecule has 2 heterocycles. The molecule has 0 saturated carbocycles. The third-order valence-corrected chi connectivity index (χ3v) is 6.09. The van der Waals surface area contributed by atoms with Gasteiger partial charge < -0.3 is 9.47 Å². The fourth-order valence-corrected chi connectivity index (χ4v) is 4.32. The van der Waals surface area contributed by atoms with Crippen LogP contribution < -0.4 is 9.47 Å². The Bertz CT molecular complexity index is 1330. The Hall–Kier alpha value is -3.68. The van der Waals surface area contributed by atoms with Crippen molar-refractivity contribution in [2.24, 2.45) is 0 Å². The van der Waals surface area contributed by atoms with Crippen molar-refractivity contribution >= 4 is 29.1 Å². The Morgan fingerprint density at radius 1 is 1.18 bits per heavy atom. The van der Waals surface area contributed by atoms with Crippen LogP contribution in [0.25, 0.3) is 6.08 Å². The van der Waals surface area contributed by atoms with Crippen molar-refractivity contribution in [1.29, 1.82) is 0 Å². The molecule has 33 heavy (non-hydrogen) atoms. The minimum Gasteiger partial charge on any atom is -0.478 e. The van der Waals surface area contributed by atoms with Crippen molar-refractivity contribution in [3.8, 4) is 11.5 Å². The topological polar surface area (TPSA) is 81.9 Å². The van der Waals surface area contributed by atoms with Crippen molar-refractivity contribution in [3.05, 3.63) is 103 Å². The van der Waals surface area contributed by atoms with E-state index in [1.165, 1.54) is 18.2 Å². The van der Waals surface area contributed by atoms with E-state index in [9.17, 15) is 14.9 Å². The lowest BCUT2D eigenvalue weighted by Crippen LogP contribution is -2.32. The normalized spacial score (nSPS) is 16.2. The van der Waals surface area contributed by atoms with E-state index in [0.29, 0.717) is 47.5 Å². The van der Waals surface area contributed by atoms with Crippen LogP contribution in [0.3, 0.4) is 0 Å². The van der Waals surface area contributed by atoms with Crippen LogP contribution in [0, 0.1) is 17.0 Å². The van der Waals surface area contributed by atoms with Crippen LogP contribution in [0.5, 0.6) is 11.5 Å². The fraction of sp³-hybridized carbons (Fsp3) is 0.160. The predicted octanol–water partition coefficient (Wildman–Crippen LogP) is 5.52. The largest absolute Gasteiger partial charge is 0.478 e. The minimum atomic E-state index is -0.473. The van der Waals surface area contributed by atoms with Gasteiger partial charge in [0.1, 0.15) is 18.2 Å². The molecule has 0 saturated heterocycles. The summed E-state index contributed by atoms with van der Waals surface area (Å²) in [5.41, 5.74) is 3.50. The molecule has 0 amide bonds. The fourth-order valence-electron chi connectivity index (χ4n) is 4.12. The van der Waals surface area contributed by atoms with Gasteiger partial charge in [-0.3, -0.25) is 19.8 Å². The molecule has 8 heteroatoms. The third kappa shape index (κ3) is 3.97. The molecule has 0 spiro atoms. The summed E-state index contributed by atoms with van der Waals surface area (Å²) >= 11 is 6.32. The van der Waals surface area contributed by atoms with Gasteiger partial charge in [0.25, 0.3) is 5.69 Å². The van der Waals surface area contributed by atoms with Gasteiger partial charge in [-0.15, -0.1) is 0 Å². The number of allylic oxidation sites excluding steroid dienone is 1. The van der Waals surface area contributed by atoms with Gasteiger partial charge >= 0.3 is 0 Å². The lowest BCUT2D eigenvalue weighted by molar-refractivity contribution is -0.384. The molecular weight excluding hydrogens is 444 g/mol. The predicted molar refractivity (Wildman–Crippen MR) is 123 cm³/mol. The van der Waals surface area contributed by atoms with E-state index in [1.54, 1.807) is 12.1 Å². The number of halogens is 1. The lowest BCUT2D eigenvalue weighted by Gasteiger charge is -2.30. The maximum atomic E-state index is 13.1. The second-order valence-corrected chi connectivity index (χ2v) is 8.43. The van der Waals surface area contributed by atoms with Crippen molar-refractivity contribution in [3.63, 3.8) is 0 Å². The van der Waals surface area contributed by atoms with Crippen LogP contribution in [0.4, 0.5) is 5.69 Å². The highest BCUT2D eigenvalue weighted by atomic mass is 35.5.